The van der Waals surface area contributed by atoms with Gasteiger partial charge in [-0.1, -0.05) is 42.5 Å². The average Bonchev–Trinajstić information content (AvgIpc) is 2.99. The molecule has 4 atom stereocenters. The van der Waals surface area contributed by atoms with Crippen LogP contribution in [-0.4, -0.2) is 77.1 Å². The summed E-state index contributed by atoms with van der Waals surface area (Å²) in [6.07, 6.45) is 1.94. The summed E-state index contributed by atoms with van der Waals surface area (Å²) in [5.41, 5.74) is 23.9. The van der Waals surface area contributed by atoms with Gasteiger partial charge in [-0.15, -0.1) is 0 Å². The summed E-state index contributed by atoms with van der Waals surface area (Å²) in [6, 6.07) is 10.6. The summed E-state index contributed by atoms with van der Waals surface area (Å²) in [4.78, 5) is 55.7. The Balaban J connectivity index is 2.17. The zero-order chi connectivity index (χ0) is 32.5. The number of nitrogens with two attached hydrogens (primary N) is 4. The van der Waals surface area contributed by atoms with E-state index in [1.165, 1.54) is 12.1 Å². The smallest absolute Gasteiger partial charge is 0.326 e. The number of carbonyl (C=O) groups is 4. The molecule has 0 fully saturated rings. The molecule has 13 N–H and O–H groups in total. The number of aromatic hydroxyl groups is 1. The topological polar surface area (TPSA) is 261 Å². The van der Waals surface area contributed by atoms with Gasteiger partial charge in [-0.2, -0.15) is 0 Å². The lowest BCUT2D eigenvalue weighted by Gasteiger charge is -2.25. The number of nitrogens with one attached hydrogen (secondary N) is 3. The highest BCUT2D eigenvalue weighted by molar-refractivity contribution is 5.94. The number of unbranched alkanes of at least 4 members (excludes halogenated alkanes) is 1. The Labute approximate surface area is 256 Å². The molecule has 0 aromatic heterocycles. The lowest BCUT2D eigenvalue weighted by molar-refractivity contribution is -0.142. The maximum Gasteiger partial charge on any atom is 0.326 e. The first-order valence-corrected chi connectivity index (χ1v) is 14.5. The SMILES string of the molecule is NCCCCC(NC(=O)C(N)Cc1ccc(O)cc1)C(=O)NC(CCCN=C(N)N)C(=O)NC(Cc1ccccc1)C(=O)O. The number of rotatable bonds is 19. The summed E-state index contributed by atoms with van der Waals surface area (Å²) in [7, 11) is 0. The number of phenols is 1. The lowest BCUT2D eigenvalue weighted by Crippen LogP contribution is -2.57. The van der Waals surface area contributed by atoms with Crippen molar-refractivity contribution in [2.75, 3.05) is 13.1 Å². The van der Waals surface area contributed by atoms with Gasteiger partial charge in [0.05, 0.1) is 6.04 Å². The lowest BCUT2D eigenvalue weighted by atomic mass is 10.0. The van der Waals surface area contributed by atoms with E-state index in [9.17, 15) is 29.4 Å². The molecule has 0 saturated heterocycles. The molecule has 0 aliphatic carbocycles. The van der Waals surface area contributed by atoms with Crippen molar-refractivity contribution in [3.63, 3.8) is 0 Å². The predicted molar refractivity (Wildman–Crippen MR) is 166 cm³/mol. The zero-order valence-electron chi connectivity index (χ0n) is 24.7. The van der Waals surface area contributed by atoms with Crippen molar-refractivity contribution in [3.8, 4) is 5.75 Å². The summed E-state index contributed by atoms with van der Waals surface area (Å²) >= 11 is 0. The molecular weight excluding hydrogens is 568 g/mol. The number of amides is 3. The molecular formula is C30H44N8O6. The third-order valence-electron chi connectivity index (χ3n) is 6.78. The second-order valence-electron chi connectivity index (χ2n) is 10.4. The molecule has 2 aromatic carbocycles. The number of hydrogen-bond acceptors (Lipinski definition) is 8. The van der Waals surface area contributed by atoms with Crippen LogP contribution in [0.25, 0.3) is 0 Å². The Hall–Kier alpha value is -4.69. The molecule has 0 radical (unpaired) electrons. The van der Waals surface area contributed by atoms with Gasteiger partial charge in [0, 0.05) is 13.0 Å². The Bertz CT molecular complexity index is 1240. The van der Waals surface area contributed by atoms with Crippen molar-refractivity contribution in [2.24, 2.45) is 27.9 Å². The van der Waals surface area contributed by atoms with E-state index in [-0.39, 0.29) is 43.9 Å². The van der Waals surface area contributed by atoms with Crippen LogP contribution in [0.15, 0.2) is 59.6 Å². The summed E-state index contributed by atoms with van der Waals surface area (Å²) in [6.45, 7) is 0.563. The summed E-state index contributed by atoms with van der Waals surface area (Å²) < 4.78 is 0. The fraction of sp³-hybridized carbons (Fsp3) is 0.433. The second-order valence-corrected chi connectivity index (χ2v) is 10.4. The van der Waals surface area contributed by atoms with Crippen molar-refractivity contribution in [1.29, 1.82) is 0 Å². The monoisotopic (exact) mass is 612 g/mol. The zero-order valence-corrected chi connectivity index (χ0v) is 24.7. The minimum absolute atomic E-state index is 0.0350. The van der Waals surface area contributed by atoms with Gasteiger partial charge in [-0.3, -0.25) is 19.4 Å². The minimum atomic E-state index is -1.25. The van der Waals surface area contributed by atoms with Gasteiger partial charge in [0.25, 0.3) is 0 Å². The van der Waals surface area contributed by atoms with Crippen LogP contribution in [-0.2, 0) is 32.0 Å². The van der Waals surface area contributed by atoms with Crippen LogP contribution in [0.3, 0.4) is 0 Å². The van der Waals surface area contributed by atoms with E-state index in [1.807, 2.05) is 0 Å². The number of carbonyl (C=O) groups excluding carboxylic acids is 3. The highest BCUT2D eigenvalue weighted by atomic mass is 16.4. The first kappa shape index (κ1) is 35.5. The number of aliphatic carboxylic acids is 1. The molecule has 0 aliphatic heterocycles. The number of nitrogens with zero attached hydrogens (tertiary/aromatic N) is 1. The van der Waals surface area contributed by atoms with Crippen LogP contribution < -0.4 is 38.9 Å². The molecule has 0 heterocycles. The van der Waals surface area contributed by atoms with E-state index in [1.54, 1.807) is 42.5 Å². The first-order chi connectivity index (χ1) is 21.0. The number of guanidine groups is 1. The number of benzene rings is 2. The van der Waals surface area contributed by atoms with E-state index in [2.05, 4.69) is 20.9 Å². The number of carboxylic acid groups (broad SMARTS) is 1. The Morgan fingerprint density at radius 1 is 0.727 bits per heavy atom. The van der Waals surface area contributed by atoms with Crippen LogP contribution in [0.2, 0.25) is 0 Å². The number of phenolic OH excluding ortho intramolecular Hbond substituents is 1. The fourth-order valence-corrected chi connectivity index (χ4v) is 4.39. The third kappa shape index (κ3) is 13.1. The molecule has 0 bridgehead atoms. The number of carboxylic acids is 1. The normalized spacial score (nSPS) is 13.5. The van der Waals surface area contributed by atoms with Gasteiger partial charge in [-0.05, 0) is 68.3 Å². The molecule has 44 heavy (non-hydrogen) atoms. The number of hydrogen-bond donors (Lipinski definition) is 9. The minimum Gasteiger partial charge on any atom is -0.508 e. The maximum absolute atomic E-state index is 13.5. The van der Waals surface area contributed by atoms with Gasteiger partial charge >= 0.3 is 5.97 Å². The Kier molecular flexibility index (Phi) is 15.1. The molecule has 14 heteroatoms. The van der Waals surface area contributed by atoms with E-state index < -0.39 is 47.9 Å². The molecule has 2 aromatic rings. The van der Waals surface area contributed by atoms with Gasteiger partial charge in [0.15, 0.2) is 5.96 Å². The fourth-order valence-electron chi connectivity index (χ4n) is 4.39. The molecule has 0 saturated carbocycles. The third-order valence-corrected chi connectivity index (χ3v) is 6.78. The summed E-state index contributed by atoms with van der Waals surface area (Å²) in [5.74, 6) is -3.20. The molecule has 0 spiro atoms. The van der Waals surface area contributed by atoms with E-state index in [0.29, 0.717) is 31.4 Å². The van der Waals surface area contributed by atoms with Crippen LogP contribution >= 0.6 is 0 Å². The highest BCUT2D eigenvalue weighted by Gasteiger charge is 2.30. The molecule has 3 amide bonds. The Morgan fingerprint density at radius 3 is 1.84 bits per heavy atom. The van der Waals surface area contributed by atoms with Gasteiger partial charge in [0.2, 0.25) is 17.7 Å². The van der Waals surface area contributed by atoms with Crippen LogP contribution in [0.1, 0.15) is 43.2 Å². The number of aliphatic imine (C=N–C) groups is 1. The molecule has 4 unspecified atom stereocenters. The molecule has 14 nitrogen and oxygen atoms in total. The van der Waals surface area contributed by atoms with Crippen LogP contribution in [0.5, 0.6) is 5.75 Å². The van der Waals surface area contributed by atoms with E-state index >= 15 is 0 Å². The van der Waals surface area contributed by atoms with Gasteiger partial charge in [0.1, 0.15) is 23.9 Å². The standard InChI is InChI=1S/C30H44N8O6/c31-15-5-4-9-23(36-26(40)22(32)17-20-11-13-21(39)14-12-20)27(41)37-24(10-6-16-35-30(33)34)28(42)38-25(29(43)44)18-19-7-2-1-3-8-19/h1-3,7-8,11-14,22-25,39H,4-6,9-10,15-18,31-32H2,(H,36,40)(H,37,41)(H,38,42)(H,43,44)(H4,33,34,35). The summed E-state index contributed by atoms with van der Waals surface area (Å²) in [5, 5.41) is 27.1. The van der Waals surface area contributed by atoms with E-state index in [0.717, 1.165) is 5.56 Å². The largest absolute Gasteiger partial charge is 0.508 e. The predicted octanol–water partition coefficient (Wildman–Crippen LogP) is -0.774. The Morgan fingerprint density at radius 2 is 1.27 bits per heavy atom. The van der Waals surface area contributed by atoms with Crippen molar-refractivity contribution < 1.29 is 29.4 Å². The van der Waals surface area contributed by atoms with E-state index in [4.69, 9.17) is 22.9 Å². The van der Waals surface area contributed by atoms with Crippen LogP contribution in [0.4, 0.5) is 0 Å². The molecule has 240 valence electrons. The average molecular weight is 613 g/mol. The second kappa shape index (κ2) is 18.8. The quantitative estimate of drug-likeness (QED) is 0.0543. The van der Waals surface area contributed by atoms with Crippen molar-refractivity contribution in [1.82, 2.24) is 16.0 Å². The van der Waals surface area contributed by atoms with Crippen molar-refractivity contribution in [2.45, 2.75) is 69.1 Å². The first-order valence-electron chi connectivity index (χ1n) is 14.5. The van der Waals surface area contributed by atoms with Crippen LogP contribution in [0, 0.1) is 0 Å². The van der Waals surface area contributed by atoms with Crippen molar-refractivity contribution in [3.05, 3.63) is 65.7 Å². The molecule has 2 rings (SSSR count). The highest BCUT2D eigenvalue weighted by Crippen LogP contribution is 2.12. The van der Waals surface area contributed by atoms with Gasteiger partial charge < -0.3 is 49.1 Å². The maximum atomic E-state index is 13.5. The molecule has 0 aliphatic rings. The van der Waals surface area contributed by atoms with Gasteiger partial charge in [-0.25, -0.2) is 4.79 Å². The van der Waals surface area contributed by atoms with Crippen molar-refractivity contribution >= 4 is 29.7 Å².